The Morgan fingerprint density at radius 3 is 2.56 bits per heavy atom. The van der Waals surface area contributed by atoms with E-state index in [-0.39, 0.29) is 24.5 Å². The quantitative estimate of drug-likeness (QED) is 0.834. The molecule has 1 amide bonds. The third kappa shape index (κ3) is 2.79. The summed E-state index contributed by atoms with van der Waals surface area (Å²) < 4.78 is 0. The van der Waals surface area contributed by atoms with Gasteiger partial charge in [0.05, 0.1) is 18.3 Å². The summed E-state index contributed by atoms with van der Waals surface area (Å²) in [5, 5.41) is 0. The molecule has 0 aromatic carbocycles. The van der Waals surface area contributed by atoms with Crippen LogP contribution in [0.3, 0.4) is 0 Å². The standard InChI is InChI=1S/C12H19N3O/c1-9(2)15(12(16)8-13)10(3)11-6-4-5-7-14-11/h4-7,9-10H,8,13H2,1-3H3. The van der Waals surface area contributed by atoms with Gasteiger partial charge < -0.3 is 10.6 Å². The molecule has 2 N–H and O–H groups in total. The van der Waals surface area contributed by atoms with Crippen molar-refractivity contribution in [3.8, 4) is 0 Å². The second kappa shape index (κ2) is 5.61. The topological polar surface area (TPSA) is 59.2 Å². The third-order valence-corrected chi connectivity index (χ3v) is 2.55. The number of rotatable bonds is 4. The minimum atomic E-state index is -0.0480. The smallest absolute Gasteiger partial charge is 0.237 e. The predicted octanol–water partition coefficient (Wildman–Crippen LogP) is 1.34. The van der Waals surface area contributed by atoms with Crippen molar-refractivity contribution in [1.82, 2.24) is 9.88 Å². The van der Waals surface area contributed by atoms with Gasteiger partial charge in [-0.15, -0.1) is 0 Å². The maximum atomic E-state index is 11.7. The van der Waals surface area contributed by atoms with E-state index in [9.17, 15) is 4.79 Å². The Kier molecular flexibility index (Phi) is 4.43. The lowest BCUT2D eigenvalue weighted by Crippen LogP contribution is -2.42. The predicted molar refractivity (Wildman–Crippen MR) is 63.7 cm³/mol. The number of aromatic nitrogens is 1. The van der Waals surface area contributed by atoms with Crippen LogP contribution in [0.5, 0.6) is 0 Å². The zero-order chi connectivity index (χ0) is 12.1. The number of hydrogen-bond donors (Lipinski definition) is 1. The lowest BCUT2D eigenvalue weighted by molar-refractivity contribution is -0.133. The Hall–Kier alpha value is -1.42. The molecule has 0 fully saturated rings. The Balaban J connectivity index is 2.92. The highest BCUT2D eigenvalue weighted by molar-refractivity contribution is 5.78. The first-order valence-corrected chi connectivity index (χ1v) is 5.50. The molecule has 1 rings (SSSR count). The fourth-order valence-corrected chi connectivity index (χ4v) is 1.82. The van der Waals surface area contributed by atoms with Gasteiger partial charge in [-0.05, 0) is 32.9 Å². The molecule has 16 heavy (non-hydrogen) atoms. The van der Waals surface area contributed by atoms with Gasteiger partial charge in [0.25, 0.3) is 0 Å². The van der Waals surface area contributed by atoms with E-state index in [1.54, 1.807) is 11.1 Å². The molecule has 0 spiro atoms. The zero-order valence-electron chi connectivity index (χ0n) is 10.1. The van der Waals surface area contributed by atoms with Gasteiger partial charge in [-0.25, -0.2) is 0 Å². The Bertz CT molecular complexity index is 337. The van der Waals surface area contributed by atoms with Crippen molar-refractivity contribution < 1.29 is 4.79 Å². The van der Waals surface area contributed by atoms with E-state index in [2.05, 4.69) is 4.98 Å². The number of nitrogens with zero attached hydrogens (tertiary/aromatic N) is 2. The van der Waals surface area contributed by atoms with Crippen molar-refractivity contribution in [3.05, 3.63) is 30.1 Å². The lowest BCUT2D eigenvalue weighted by Gasteiger charge is -2.32. The van der Waals surface area contributed by atoms with Crippen LogP contribution in [0.1, 0.15) is 32.5 Å². The first-order valence-electron chi connectivity index (χ1n) is 5.50. The summed E-state index contributed by atoms with van der Waals surface area (Å²) in [6.07, 6.45) is 1.73. The van der Waals surface area contributed by atoms with E-state index in [4.69, 9.17) is 5.73 Å². The highest BCUT2D eigenvalue weighted by Crippen LogP contribution is 2.20. The maximum absolute atomic E-state index is 11.7. The number of amides is 1. The Labute approximate surface area is 96.5 Å². The first kappa shape index (κ1) is 12.6. The summed E-state index contributed by atoms with van der Waals surface area (Å²) in [4.78, 5) is 17.8. The zero-order valence-corrected chi connectivity index (χ0v) is 10.1. The van der Waals surface area contributed by atoms with Crippen LogP contribution in [0.25, 0.3) is 0 Å². The molecule has 1 aromatic rings. The molecule has 4 heteroatoms. The first-order chi connectivity index (χ1) is 7.57. The second-order valence-electron chi connectivity index (χ2n) is 4.03. The van der Waals surface area contributed by atoms with Crippen molar-refractivity contribution in [2.45, 2.75) is 32.9 Å². The van der Waals surface area contributed by atoms with Crippen LogP contribution in [0.4, 0.5) is 0 Å². The molecule has 0 radical (unpaired) electrons. The second-order valence-corrected chi connectivity index (χ2v) is 4.03. The van der Waals surface area contributed by atoms with E-state index < -0.39 is 0 Å². The van der Waals surface area contributed by atoms with E-state index in [0.717, 1.165) is 5.69 Å². The van der Waals surface area contributed by atoms with Gasteiger partial charge in [0.15, 0.2) is 0 Å². The average molecular weight is 221 g/mol. The van der Waals surface area contributed by atoms with E-state index in [1.165, 1.54) is 0 Å². The summed E-state index contributed by atoms with van der Waals surface area (Å²) in [5.41, 5.74) is 6.30. The normalized spacial score (nSPS) is 12.6. The van der Waals surface area contributed by atoms with Crippen LogP contribution in [-0.2, 0) is 4.79 Å². The van der Waals surface area contributed by atoms with Crippen LogP contribution in [0.2, 0.25) is 0 Å². The Morgan fingerprint density at radius 1 is 1.44 bits per heavy atom. The Morgan fingerprint density at radius 2 is 2.12 bits per heavy atom. The molecule has 1 atom stereocenters. The molecule has 0 saturated carbocycles. The summed E-state index contributed by atoms with van der Waals surface area (Å²) >= 11 is 0. The van der Waals surface area contributed by atoms with Crippen molar-refractivity contribution >= 4 is 5.91 Å². The van der Waals surface area contributed by atoms with Crippen molar-refractivity contribution in [2.24, 2.45) is 5.73 Å². The van der Waals surface area contributed by atoms with Gasteiger partial charge in [0, 0.05) is 12.2 Å². The molecule has 0 aliphatic heterocycles. The van der Waals surface area contributed by atoms with E-state index in [0.29, 0.717) is 0 Å². The molecular formula is C12H19N3O. The van der Waals surface area contributed by atoms with E-state index in [1.807, 2.05) is 39.0 Å². The molecule has 0 bridgehead atoms. The fourth-order valence-electron chi connectivity index (χ4n) is 1.82. The van der Waals surface area contributed by atoms with Crippen LogP contribution >= 0.6 is 0 Å². The lowest BCUT2D eigenvalue weighted by atomic mass is 10.1. The number of carbonyl (C=O) groups excluding carboxylic acids is 1. The van der Waals surface area contributed by atoms with Gasteiger partial charge in [-0.1, -0.05) is 6.07 Å². The van der Waals surface area contributed by atoms with E-state index >= 15 is 0 Å². The minimum absolute atomic E-state index is 0.0371. The molecule has 1 aromatic heterocycles. The summed E-state index contributed by atoms with van der Waals surface area (Å²) in [5.74, 6) is -0.0480. The number of hydrogen-bond acceptors (Lipinski definition) is 3. The largest absolute Gasteiger partial charge is 0.331 e. The van der Waals surface area contributed by atoms with Gasteiger partial charge in [-0.2, -0.15) is 0 Å². The molecule has 0 aliphatic carbocycles. The van der Waals surface area contributed by atoms with Crippen LogP contribution in [0, 0.1) is 0 Å². The van der Waals surface area contributed by atoms with Gasteiger partial charge in [0.1, 0.15) is 0 Å². The molecule has 88 valence electrons. The highest BCUT2D eigenvalue weighted by atomic mass is 16.2. The van der Waals surface area contributed by atoms with Crippen molar-refractivity contribution in [2.75, 3.05) is 6.54 Å². The monoisotopic (exact) mass is 221 g/mol. The number of carbonyl (C=O) groups is 1. The average Bonchev–Trinajstić information content (AvgIpc) is 2.29. The molecule has 1 heterocycles. The SMILES string of the molecule is CC(C)N(C(=O)CN)C(C)c1ccccn1. The maximum Gasteiger partial charge on any atom is 0.237 e. The van der Waals surface area contributed by atoms with Gasteiger partial charge in [0.2, 0.25) is 5.91 Å². The molecular weight excluding hydrogens is 202 g/mol. The van der Waals surface area contributed by atoms with Crippen LogP contribution in [0.15, 0.2) is 24.4 Å². The summed E-state index contributed by atoms with van der Waals surface area (Å²) in [6, 6.07) is 5.78. The van der Waals surface area contributed by atoms with Crippen molar-refractivity contribution in [3.63, 3.8) is 0 Å². The van der Waals surface area contributed by atoms with Crippen LogP contribution < -0.4 is 5.73 Å². The molecule has 0 aliphatic rings. The molecule has 1 unspecified atom stereocenters. The summed E-state index contributed by atoms with van der Waals surface area (Å²) in [6.45, 7) is 5.96. The summed E-state index contributed by atoms with van der Waals surface area (Å²) in [7, 11) is 0. The van der Waals surface area contributed by atoms with Gasteiger partial charge in [-0.3, -0.25) is 9.78 Å². The highest BCUT2D eigenvalue weighted by Gasteiger charge is 2.23. The van der Waals surface area contributed by atoms with Crippen molar-refractivity contribution in [1.29, 1.82) is 0 Å². The third-order valence-electron chi connectivity index (χ3n) is 2.55. The number of pyridine rings is 1. The fraction of sp³-hybridized carbons (Fsp3) is 0.500. The number of nitrogens with two attached hydrogens (primary N) is 1. The molecule has 0 saturated heterocycles. The van der Waals surface area contributed by atoms with Gasteiger partial charge >= 0.3 is 0 Å². The van der Waals surface area contributed by atoms with Crippen LogP contribution in [-0.4, -0.2) is 28.4 Å². The molecule has 4 nitrogen and oxygen atoms in total. The minimum Gasteiger partial charge on any atom is -0.331 e.